The maximum Gasteiger partial charge on any atom is 0.335 e. The number of hydrogen-bond acceptors (Lipinski definition) is 6. The van der Waals surface area contributed by atoms with Crippen LogP contribution < -0.4 is 15.4 Å². The number of fused-ring (bicyclic) bond motifs is 1. The van der Waals surface area contributed by atoms with Crippen LogP contribution in [0.2, 0.25) is 0 Å². The molecule has 41 heavy (non-hydrogen) atoms. The normalized spacial score (nSPS) is 17.6. The van der Waals surface area contributed by atoms with Gasteiger partial charge in [0.25, 0.3) is 5.91 Å². The van der Waals surface area contributed by atoms with Gasteiger partial charge < -0.3 is 30.5 Å². The number of ether oxygens (including phenoxy) is 1. The van der Waals surface area contributed by atoms with Gasteiger partial charge in [-0.05, 0) is 62.0 Å². The van der Waals surface area contributed by atoms with Crippen molar-refractivity contribution in [2.75, 3.05) is 37.4 Å². The SMILES string of the molecule is C[C@H]1CN([C@@H](C)CO)C(=O)c2cc(NC(=O)Nc3ccccc3)ccc2O[C@@H]1CN(C)Cc1ccc(C(=O)O)cc1. The van der Waals surface area contributed by atoms with E-state index in [0.717, 1.165) is 5.56 Å². The van der Waals surface area contributed by atoms with Crippen molar-refractivity contribution in [2.24, 2.45) is 5.92 Å². The van der Waals surface area contributed by atoms with Gasteiger partial charge in [0.2, 0.25) is 0 Å². The Labute approximate surface area is 239 Å². The van der Waals surface area contributed by atoms with Crippen LogP contribution in [0.3, 0.4) is 0 Å². The first kappa shape index (κ1) is 29.6. The number of carboxylic acid groups (broad SMARTS) is 1. The van der Waals surface area contributed by atoms with Crippen molar-refractivity contribution in [3.05, 3.63) is 89.5 Å². The standard InChI is InChI=1S/C31H36N4O6/c1-20-16-35(21(2)19-36)29(37)26-15-25(33-31(40)32-24-7-5-4-6-8-24)13-14-27(26)41-28(20)18-34(3)17-22-9-11-23(12-10-22)30(38)39/h4-15,20-21,28,36H,16-19H2,1-3H3,(H,38,39)(H2,32,33,40)/t20-,21-,28+/m0/s1. The van der Waals surface area contributed by atoms with Crippen LogP contribution in [0, 0.1) is 5.92 Å². The van der Waals surface area contributed by atoms with E-state index in [0.29, 0.717) is 42.3 Å². The van der Waals surface area contributed by atoms with Gasteiger partial charge in [-0.1, -0.05) is 37.3 Å². The molecule has 0 radical (unpaired) electrons. The Bertz CT molecular complexity index is 1360. The summed E-state index contributed by atoms with van der Waals surface area (Å²) in [4.78, 5) is 41.1. The van der Waals surface area contributed by atoms with Gasteiger partial charge in [0.05, 0.1) is 23.8 Å². The minimum absolute atomic E-state index is 0.0626. The second-order valence-electron chi connectivity index (χ2n) is 10.5. The van der Waals surface area contributed by atoms with Gasteiger partial charge in [-0.15, -0.1) is 0 Å². The van der Waals surface area contributed by atoms with Crippen molar-refractivity contribution in [1.29, 1.82) is 0 Å². The number of aliphatic hydroxyl groups is 1. The monoisotopic (exact) mass is 560 g/mol. The molecule has 1 aliphatic heterocycles. The van der Waals surface area contributed by atoms with E-state index in [1.807, 2.05) is 32.2 Å². The molecule has 0 spiro atoms. The molecule has 0 saturated heterocycles. The highest BCUT2D eigenvalue weighted by atomic mass is 16.5. The van der Waals surface area contributed by atoms with E-state index < -0.39 is 18.0 Å². The number of aliphatic hydroxyl groups excluding tert-OH is 1. The molecule has 10 heteroatoms. The zero-order chi connectivity index (χ0) is 29.5. The van der Waals surface area contributed by atoms with Gasteiger partial charge in [-0.2, -0.15) is 0 Å². The first-order chi connectivity index (χ1) is 19.6. The van der Waals surface area contributed by atoms with E-state index in [4.69, 9.17) is 9.84 Å². The number of carbonyl (C=O) groups is 3. The summed E-state index contributed by atoms with van der Waals surface area (Å²) in [6.45, 7) is 5.11. The summed E-state index contributed by atoms with van der Waals surface area (Å²) >= 11 is 0. The quantitative estimate of drug-likeness (QED) is 0.305. The number of para-hydroxylation sites is 1. The van der Waals surface area contributed by atoms with E-state index in [-0.39, 0.29) is 30.1 Å². The third-order valence-corrected chi connectivity index (χ3v) is 7.10. The lowest BCUT2D eigenvalue weighted by Crippen LogP contribution is -2.49. The lowest BCUT2D eigenvalue weighted by Gasteiger charge is -2.38. The van der Waals surface area contributed by atoms with Gasteiger partial charge in [0.15, 0.2) is 0 Å². The highest BCUT2D eigenvalue weighted by Gasteiger charge is 2.33. The summed E-state index contributed by atoms with van der Waals surface area (Å²) in [6.07, 6.45) is -0.293. The molecule has 1 aliphatic rings. The Hall–Kier alpha value is -4.41. The van der Waals surface area contributed by atoms with Crippen molar-refractivity contribution in [1.82, 2.24) is 9.80 Å². The summed E-state index contributed by atoms with van der Waals surface area (Å²) in [6, 6.07) is 19.9. The molecule has 4 rings (SSSR count). The van der Waals surface area contributed by atoms with Gasteiger partial charge >= 0.3 is 12.0 Å². The lowest BCUT2D eigenvalue weighted by atomic mass is 9.99. The number of urea groups is 1. The molecule has 0 bridgehead atoms. The molecule has 0 saturated carbocycles. The molecule has 4 N–H and O–H groups in total. The number of carboxylic acids is 1. The highest BCUT2D eigenvalue weighted by Crippen LogP contribution is 2.31. The smallest absolute Gasteiger partial charge is 0.335 e. The molecule has 0 unspecified atom stereocenters. The maximum absolute atomic E-state index is 13.7. The molecule has 0 aliphatic carbocycles. The zero-order valence-electron chi connectivity index (χ0n) is 23.4. The van der Waals surface area contributed by atoms with Gasteiger partial charge in [0.1, 0.15) is 11.9 Å². The fraction of sp³-hybridized carbons (Fsp3) is 0.323. The minimum atomic E-state index is -0.966. The van der Waals surface area contributed by atoms with Crippen LogP contribution in [0.4, 0.5) is 16.2 Å². The Balaban J connectivity index is 1.54. The lowest BCUT2D eigenvalue weighted by molar-refractivity contribution is 0.0341. The van der Waals surface area contributed by atoms with E-state index >= 15 is 0 Å². The van der Waals surface area contributed by atoms with Crippen LogP contribution in [-0.2, 0) is 6.54 Å². The number of benzene rings is 3. The first-order valence-corrected chi connectivity index (χ1v) is 13.5. The first-order valence-electron chi connectivity index (χ1n) is 13.5. The summed E-state index contributed by atoms with van der Waals surface area (Å²) in [5.41, 5.74) is 2.56. The van der Waals surface area contributed by atoms with E-state index in [2.05, 4.69) is 15.5 Å². The Morgan fingerprint density at radius 2 is 1.73 bits per heavy atom. The number of likely N-dealkylation sites (N-methyl/N-ethyl adjacent to an activating group) is 1. The summed E-state index contributed by atoms with van der Waals surface area (Å²) in [5.74, 6) is -0.917. The highest BCUT2D eigenvalue weighted by molar-refractivity contribution is 6.02. The predicted molar refractivity (Wildman–Crippen MR) is 156 cm³/mol. The molecule has 3 amide bonds. The van der Waals surface area contributed by atoms with Crippen molar-refractivity contribution < 1.29 is 29.3 Å². The van der Waals surface area contributed by atoms with Gasteiger partial charge in [-0.25, -0.2) is 9.59 Å². The van der Waals surface area contributed by atoms with Crippen LogP contribution in [0.5, 0.6) is 5.75 Å². The van der Waals surface area contributed by atoms with E-state index in [1.54, 1.807) is 66.4 Å². The summed E-state index contributed by atoms with van der Waals surface area (Å²) in [5, 5.41) is 24.6. The molecule has 10 nitrogen and oxygen atoms in total. The summed E-state index contributed by atoms with van der Waals surface area (Å²) in [7, 11) is 1.96. The van der Waals surface area contributed by atoms with Crippen molar-refractivity contribution in [3.63, 3.8) is 0 Å². The number of carbonyl (C=O) groups excluding carboxylic acids is 2. The fourth-order valence-electron chi connectivity index (χ4n) is 4.77. The second kappa shape index (κ2) is 13.3. The van der Waals surface area contributed by atoms with E-state index in [9.17, 15) is 19.5 Å². The molecular formula is C31H36N4O6. The fourth-order valence-corrected chi connectivity index (χ4v) is 4.77. The molecule has 0 fully saturated rings. The third-order valence-electron chi connectivity index (χ3n) is 7.10. The average Bonchev–Trinajstić information content (AvgIpc) is 2.95. The van der Waals surface area contributed by atoms with Crippen LogP contribution in [0.1, 0.15) is 40.1 Å². The molecule has 3 aromatic rings. The molecular weight excluding hydrogens is 524 g/mol. The number of rotatable bonds is 9. The second-order valence-corrected chi connectivity index (χ2v) is 10.5. The van der Waals surface area contributed by atoms with Crippen molar-refractivity contribution >= 4 is 29.3 Å². The van der Waals surface area contributed by atoms with Crippen LogP contribution in [0.15, 0.2) is 72.8 Å². The number of anilines is 2. The Kier molecular flexibility index (Phi) is 9.59. The zero-order valence-corrected chi connectivity index (χ0v) is 23.4. The molecule has 1 heterocycles. The number of nitrogens with zero attached hydrogens (tertiary/aromatic N) is 2. The largest absolute Gasteiger partial charge is 0.488 e. The Morgan fingerprint density at radius 1 is 1.05 bits per heavy atom. The number of hydrogen-bond donors (Lipinski definition) is 4. The predicted octanol–water partition coefficient (Wildman–Crippen LogP) is 4.38. The van der Waals surface area contributed by atoms with Crippen LogP contribution in [-0.4, -0.2) is 76.8 Å². The number of amides is 3. The van der Waals surface area contributed by atoms with E-state index in [1.165, 1.54) is 0 Å². The summed E-state index contributed by atoms with van der Waals surface area (Å²) < 4.78 is 6.44. The third kappa shape index (κ3) is 7.62. The van der Waals surface area contributed by atoms with Gasteiger partial charge in [0, 0.05) is 36.9 Å². The van der Waals surface area contributed by atoms with Crippen LogP contribution >= 0.6 is 0 Å². The topological polar surface area (TPSA) is 131 Å². The number of nitrogens with one attached hydrogen (secondary N) is 2. The van der Waals surface area contributed by atoms with Gasteiger partial charge in [-0.3, -0.25) is 9.69 Å². The van der Waals surface area contributed by atoms with Crippen molar-refractivity contribution in [3.8, 4) is 5.75 Å². The molecule has 3 aromatic carbocycles. The molecule has 0 aromatic heterocycles. The van der Waals surface area contributed by atoms with Crippen LogP contribution in [0.25, 0.3) is 0 Å². The maximum atomic E-state index is 13.7. The molecule has 3 atom stereocenters. The van der Waals surface area contributed by atoms with Crippen molar-refractivity contribution in [2.45, 2.75) is 32.5 Å². The minimum Gasteiger partial charge on any atom is -0.488 e. The number of aromatic carboxylic acids is 1. The Morgan fingerprint density at radius 3 is 2.39 bits per heavy atom. The average molecular weight is 561 g/mol. The molecule has 216 valence electrons.